The molecule has 35 heavy (non-hydrogen) atoms. The predicted octanol–water partition coefficient (Wildman–Crippen LogP) is 3.36. The highest BCUT2D eigenvalue weighted by Gasteiger charge is 2.32. The van der Waals surface area contributed by atoms with Gasteiger partial charge in [-0.25, -0.2) is 16.8 Å². The van der Waals surface area contributed by atoms with E-state index in [1.807, 2.05) is 6.92 Å². The Labute approximate surface area is 212 Å². The number of amides is 1. The summed E-state index contributed by atoms with van der Waals surface area (Å²) in [4.78, 5) is 14.9. The van der Waals surface area contributed by atoms with Gasteiger partial charge in [0, 0.05) is 44.8 Å². The van der Waals surface area contributed by atoms with Crippen molar-refractivity contribution in [2.75, 3.05) is 39.3 Å². The SMILES string of the molecule is Cc1ccc(S(=O)(=O)N2CCN(C(=O)c3ccc(Cl)c(S(=O)(=O)N4CCCCCC4)c3)CC2)cc1. The molecule has 0 aromatic heterocycles. The second-order valence-electron chi connectivity index (χ2n) is 8.97. The molecule has 2 saturated heterocycles. The van der Waals surface area contributed by atoms with Crippen LogP contribution in [-0.4, -0.2) is 75.5 Å². The van der Waals surface area contributed by atoms with Gasteiger partial charge < -0.3 is 4.90 Å². The number of carbonyl (C=O) groups excluding carboxylic acids is 1. The zero-order chi connectivity index (χ0) is 25.2. The number of piperazine rings is 1. The Morgan fingerprint density at radius 3 is 1.91 bits per heavy atom. The van der Waals surface area contributed by atoms with Crippen LogP contribution in [0.1, 0.15) is 41.6 Å². The van der Waals surface area contributed by atoms with Crippen LogP contribution in [0, 0.1) is 6.92 Å². The number of halogens is 1. The lowest BCUT2D eigenvalue weighted by Gasteiger charge is -2.34. The molecule has 0 N–H and O–H groups in total. The summed E-state index contributed by atoms with van der Waals surface area (Å²) < 4.78 is 55.2. The largest absolute Gasteiger partial charge is 0.336 e. The topological polar surface area (TPSA) is 95.1 Å². The zero-order valence-electron chi connectivity index (χ0n) is 19.7. The third-order valence-corrected chi connectivity index (χ3v) is 10.8. The average molecular weight is 540 g/mol. The summed E-state index contributed by atoms with van der Waals surface area (Å²) in [5, 5.41) is 0.0832. The third-order valence-electron chi connectivity index (χ3n) is 6.55. The molecular formula is C24H30ClN3O5S2. The van der Waals surface area contributed by atoms with Crippen molar-refractivity contribution < 1.29 is 21.6 Å². The van der Waals surface area contributed by atoms with E-state index in [1.54, 1.807) is 29.2 Å². The maximum atomic E-state index is 13.3. The Balaban J connectivity index is 1.48. The van der Waals surface area contributed by atoms with Gasteiger partial charge in [0.2, 0.25) is 20.0 Å². The van der Waals surface area contributed by atoms with Crippen LogP contribution in [0.4, 0.5) is 0 Å². The van der Waals surface area contributed by atoms with E-state index in [9.17, 15) is 21.6 Å². The smallest absolute Gasteiger partial charge is 0.253 e. The molecule has 0 saturated carbocycles. The van der Waals surface area contributed by atoms with Crippen LogP contribution < -0.4 is 0 Å². The van der Waals surface area contributed by atoms with Gasteiger partial charge >= 0.3 is 0 Å². The lowest BCUT2D eigenvalue weighted by atomic mass is 10.2. The number of hydrogen-bond donors (Lipinski definition) is 0. The second kappa shape index (κ2) is 10.6. The summed E-state index contributed by atoms with van der Waals surface area (Å²) in [5.41, 5.74) is 1.19. The molecule has 2 heterocycles. The van der Waals surface area contributed by atoms with E-state index in [1.165, 1.54) is 26.8 Å². The van der Waals surface area contributed by atoms with Crippen molar-refractivity contribution in [3.63, 3.8) is 0 Å². The number of carbonyl (C=O) groups is 1. The molecule has 0 bridgehead atoms. The first kappa shape index (κ1) is 26.1. The van der Waals surface area contributed by atoms with Crippen LogP contribution in [0.3, 0.4) is 0 Å². The van der Waals surface area contributed by atoms with Gasteiger partial charge in [-0.2, -0.15) is 8.61 Å². The number of hydrogen-bond acceptors (Lipinski definition) is 5. The maximum absolute atomic E-state index is 13.3. The van der Waals surface area contributed by atoms with E-state index in [2.05, 4.69) is 0 Å². The zero-order valence-corrected chi connectivity index (χ0v) is 22.1. The van der Waals surface area contributed by atoms with Crippen LogP contribution in [-0.2, 0) is 20.0 Å². The number of nitrogens with zero attached hydrogens (tertiary/aromatic N) is 3. The van der Waals surface area contributed by atoms with Crippen LogP contribution in [0.15, 0.2) is 52.3 Å². The van der Waals surface area contributed by atoms with Gasteiger partial charge in [0.25, 0.3) is 5.91 Å². The number of sulfonamides is 2. The van der Waals surface area contributed by atoms with Crippen molar-refractivity contribution in [1.29, 1.82) is 0 Å². The monoisotopic (exact) mass is 539 g/mol. The molecule has 2 aliphatic heterocycles. The molecule has 0 radical (unpaired) electrons. The van der Waals surface area contributed by atoms with Crippen molar-refractivity contribution in [2.24, 2.45) is 0 Å². The third kappa shape index (κ3) is 5.56. The van der Waals surface area contributed by atoms with E-state index in [0.717, 1.165) is 31.2 Å². The molecule has 0 atom stereocenters. The normalized spacial score (nSPS) is 18.9. The molecule has 2 aliphatic rings. The molecule has 2 fully saturated rings. The minimum absolute atomic E-state index is 0.0625. The molecule has 190 valence electrons. The van der Waals surface area contributed by atoms with Crippen molar-refractivity contribution >= 4 is 37.6 Å². The summed E-state index contributed by atoms with van der Waals surface area (Å²) in [6.45, 7) is 3.51. The van der Waals surface area contributed by atoms with Crippen molar-refractivity contribution in [1.82, 2.24) is 13.5 Å². The van der Waals surface area contributed by atoms with Gasteiger partial charge in [0.1, 0.15) is 4.90 Å². The van der Waals surface area contributed by atoms with Crippen LogP contribution in [0.25, 0.3) is 0 Å². The Hall–Kier alpha value is -1.98. The highest BCUT2D eigenvalue weighted by molar-refractivity contribution is 7.89. The van der Waals surface area contributed by atoms with Crippen LogP contribution >= 0.6 is 11.6 Å². The summed E-state index contributed by atoms with van der Waals surface area (Å²) >= 11 is 6.26. The molecule has 11 heteroatoms. The Morgan fingerprint density at radius 1 is 0.743 bits per heavy atom. The standard InChI is InChI=1S/C24H30ClN3O5S2/c1-19-6-9-21(10-7-19)34(30,31)28-16-14-26(15-17-28)24(29)20-8-11-22(25)23(18-20)35(32,33)27-12-4-2-3-5-13-27/h6-11,18H,2-5,12-17H2,1H3. The Bertz CT molecular complexity index is 1280. The fourth-order valence-corrected chi connectivity index (χ4v) is 7.87. The van der Waals surface area contributed by atoms with Gasteiger partial charge in [0.15, 0.2) is 0 Å². The lowest BCUT2D eigenvalue weighted by Crippen LogP contribution is -2.50. The van der Waals surface area contributed by atoms with Crippen LogP contribution in [0.5, 0.6) is 0 Å². The van der Waals surface area contributed by atoms with E-state index in [-0.39, 0.29) is 52.5 Å². The van der Waals surface area contributed by atoms with Gasteiger partial charge in [-0.15, -0.1) is 0 Å². The molecule has 0 spiro atoms. The predicted molar refractivity (Wildman–Crippen MR) is 135 cm³/mol. The second-order valence-corrected chi connectivity index (χ2v) is 13.2. The number of aryl methyl sites for hydroxylation is 1. The van der Waals surface area contributed by atoms with Gasteiger partial charge in [-0.1, -0.05) is 42.1 Å². The first-order valence-electron chi connectivity index (χ1n) is 11.8. The van der Waals surface area contributed by atoms with E-state index in [4.69, 9.17) is 11.6 Å². The molecule has 1 amide bonds. The highest BCUT2D eigenvalue weighted by atomic mass is 35.5. The highest BCUT2D eigenvalue weighted by Crippen LogP contribution is 2.28. The minimum atomic E-state index is -3.82. The molecular weight excluding hydrogens is 510 g/mol. The first-order chi connectivity index (χ1) is 16.6. The summed E-state index contributed by atoms with van der Waals surface area (Å²) in [6, 6.07) is 11.0. The van der Waals surface area contributed by atoms with Gasteiger partial charge in [0.05, 0.1) is 9.92 Å². The maximum Gasteiger partial charge on any atom is 0.253 e. The number of rotatable bonds is 5. The molecule has 2 aromatic carbocycles. The molecule has 4 rings (SSSR count). The van der Waals surface area contributed by atoms with Crippen molar-refractivity contribution in [3.8, 4) is 0 Å². The van der Waals surface area contributed by atoms with Crippen molar-refractivity contribution in [2.45, 2.75) is 42.4 Å². The minimum Gasteiger partial charge on any atom is -0.336 e. The van der Waals surface area contributed by atoms with E-state index in [0.29, 0.717) is 13.1 Å². The van der Waals surface area contributed by atoms with Gasteiger partial charge in [-0.05, 0) is 50.1 Å². The summed E-state index contributed by atoms with van der Waals surface area (Å²) in [7, 11) is -7.47. The van der Waals surface area contributed by atoms with Crippen LogP contribution in [0.2, 0.25) is 5.02 Å². The van der Waals surface area contributed by atoms with E-state index < -0.39 is 20.0 Å². The first-order valence-corrected chi connectivity index (χ1v) is 15.0. The fourth-order valence-electron chi connectivity index (χ4n) is 4.43. The van der Waals surface area contributed by atoms with Crippen molar-refractivity contribution in [3.05, 3.63) is 58.6 Å². The summed E-state index contributed by atoms with van der Waals surface area (Å²) in [6.07, 6.45) is 3.57. The molecule has 2 aromatic rings. The van der Waals surface area contributed by atoms with Gasteiger partial charge in [-0.3, -0.25) is 4.79 Å². The lowest BCUT2D eigenvalue weighted by molar-refractivity contribution is 0.0697. The fraction of sp³-hybridized carbons (Fsp3) is 0.458. The summed E-state index contributed by atoms with van der Waals surface area (Å²) in [5.74, 6) is -0.346. The Morgan fingerprint density at radius 2 is 1.31 bits per heavy atom. The quantitative estimate of drug-likeness (QED) is 0.580. The average Bonchev–Trinajstić information content (AvgIpc) is 3.14. The molecule has 8 nitrogen and oxygen atoms in total. The number of benzene rings is 2. The van der Waals surface area contributed by atoms with E-state index >= 15 is 0 Å². The Kier molecular flexibility index (Phi) is 7.87. The molecule has 0 unspecified atom stereocenters. The molecule has 0 aliphatic carbocycles.